The average Bonchev–Trinajstić information content (AvgIpc) is 2.71. The Kier molecular flexibility index (Phi) is 2.66. The van der Waals surface area contributed by atoms with Gasteiger partial charge in [-0.05, 0) is 25.0 Å². The van der Waals surface area contributed by atoms with E-state index in [-0.39, 0.29) is 0 Å². The summed E-state index contributed by atoms with van der Waals surface area (Å²) in [5, 5.41) is 7.98. The Bertz CT molecular complexity index is 564. The molecule has 18 heavy (non-hydrogen) atoms. The van der Waals surface area contributed by atoms with Crippen LogP contribution in [0.5, 0.6) is 5.75 Å². The maximum atomic E-state index is 5.72. The molecule has 0 fully saturated rings. The van der Waals surface area contributed by atoms with E-state index in [4.69, 9.17) is 10.5 Å². The molecular formula is C13H16N4O. The number of rotatable bonds is 2. The number of benzene rings is 1. The molecule has 0 aliphatic carbocycles. The van der Waals surface area contributed by atoms with E-state index < -0.39 is 0 Å². The molecule has 0 radical (unpaired) electrons. The maximum Gasteiger partial charge on any atom is 0.168 e. The van der Waals surface area contributed by atoms with Crippen molar-refractivity contribution in [1.29, 1.82) is 0 Å². The fraction of sp³-hybridized carbons (Fsp3) is 0.385. The molecule has 2 N–H and O–H groups in total. The zero-order chi connectivity index (χ0) is 12.5. The maximum absolute atomic E-state index is 5.72. The summed E-state index contributed by atoms with van der Waals surface area (Å²) in [5.41, 5.74) is 7.90. The second kappa shape index (κ2) is 4.33. The highest BCUT2D eigenvalue weighted by atomic mass is 16.5. The molecule has 1 aromatic heterocycles. The molecule has 5 nitrogen and oxygen atoms in total. The van der Waals surface area contributed by atoms with Crippen molar-refractivity contribution in [3.8, 4) is 5.75 Å². The SMILES string of the molecule is Cc1c(N)nnn1CC1CCOc2ccccc21. The van der Waals surface area contributed by atoms with E-state index in [0.717, 1.165) is 31.0 Å². The zero-order valence-electron chi connectivity index (χ0n) is 10.3. The van der Waals surface area contributed by atoms with Crippen LogP contribution in [-0.2, 0) is 6.54 Å². The quantitative estimate of drug-likeness (QED) is 0.873. The van der Waals surface area contributed by atoms with Crippen molar-refractivity contribution in [3.63, 3.8) is 0 Å². The van der Waals surface area contributed by atoms with Gasteiger partial charge in [0.2, 0.25) is 0 Å². The van der Waals surface area contributed by atoms with Gasteiger partial charge in [0.15, 0.2) is 5.82 Å². The number of hydrogen-bond acceptors (Lipinski definition) is 4. The molecule has 94 valence electrons. The lowest BCUT2D eigenvalue weighted by atomic mass is 9.93. The first kappa shape index (κ1) is 11.1. The van der Waals surface area contributed by atoms with Gasteiger partial charge in [-0.3, -0.25) is 0 Å². The molecule has 0 amide bonds. The molecule has 3 rings (SSSR count). The molecule has 0 saturated carbocycles. The second-order valence-electron chi connectivity index (χ2n) is 4.61. The molecule has 1 aromatic carbocycles. The van der Waals surface area contributed by atoms with E-state index in [1.807, 2.05) is 29.8 Å². The van der Waals surface area contributed by atoms with Crippen LogP contribution in [0.15, 0.2) is 24.3 Å². The first-order valence-corrected chi connectivity index (χ1v) is 6.13. The monoisotopic (exact) mass is 244 g/mol. The summed E-state index contributed by atoms with van der Waals surface area (Å²) in [7, 11) is 0. The Morgan fingerprint density at radius 3 is 3.06 bits per heavy atom. The average molecular weight is 244 g/mol. The highest BCUT2D eigenvalue weighted by Gasteiger charge is 2.22. The minimum absolute atomic E-state index is 0.412. The molecule has 0 bridgehead atoms. The first-order valence-electron chi connectivity index (χ1n) is 6.13. The van der Waals surface area contributed by atoms with Crippen LogP contribution in [0.3, 0.4) is 0 Å². The molecule has 1 aliphatic heterocycles. The number of anilines is 1. The number of aromatic nitrogens is 3. The van der Waals surface area contributed by atoms with Gasteiger partial charge in [0, 0.05) is 5.92 Å². The molecule has 1 atom stereocenters. The Hall–Kier alpha value is -2.04. The minimum atomic E-state index is 0.412. The van der Waals surface area contributed by atoms with Gasteiger partial charge in [-0.15, -0.1) is 5.10 Å². The number of hydrogen-bond donors (Lipinski definition) is 1. The summed E-state index contributed by atoms with van der Waals surface area (Å²) in [5.74, 6) is 1.91. The summed E-state index contributed by atoms with van der Waals surface area (Å²) in [6.45, 7) is 3.50. The lowest BCUT2D eigenvalue weighted by Crippen LogP contribution is -2.19. The smallest absolute Gasteiger partial charge is 0.168 e. The van der Waals surface area contributed by atoms with Crippen molar-refractivity contribution in [1.82, 2.24) is 15.0 Å². The van der Waals surface area contributed by atoms with E-state index in [1.165, 1.54) is 5.56 Å². The number of nitrogen functional groups attached to an aromatic ring is 1. The van der Waals surface area contributed by atoms with Crippen molar-refractivity contribution < 1.29 is 4.74 Å². The van der Waals surface area contributed by atoms with E-state index in [1.54, 1.807) is 0 Å². The van der Waals surface area contributed by atoms with Crippen LogP contribution < -0.4 is 10.5 Å². The Balaban J connectivity index is 1.89. The first-order chi connectivity index (χ1) is 8.75. The van der Waals surface area contributed by atoms with Crippen LogP contribution in [0.2, 0.25) is 0 Å². The number of ether oxygens (including phenoxy) is 1. The van der Waals surface area contributed by atoms with Gasteiger partial charge in [-0.1, -0.05) is 23.4 Å². The third-order valence-electron chi connectivity index (χ3n) is 3.49. The summed E-state index contributed by atoms with van der Waals surface area (Å²) >= 11 is 0. The lowest BCUT2D eigenvalue weighted by Gasteiger charge is -2.25. The van der Waals surface area contributed by atoms with Crippen molar-refractivity contribution in [2.75, 3.05) is 12.3 Å². The largest absolute Gasteiger partial charge is 0.493 e. The van der Waals surface area contributed by atoms with Crippen molar-refractivity contribution >= 4 is 5.82 Å². The Morgan fingerprint density at radius 1 is 1.44 bits per heavy atom. The third-order valence-corrected chi connectivity index (χ3v) is 3.49. The fourth-order valence-corrected chi connectivity index (χ4v) is 2.36. The Morgan fingerprint density at radius 2 is 2.28 bits per heavy atom. The molecule has 2 aromatic rings. The van der Waals surface area contributed by atoms with Crippen LogP contribution in [0.4, 0.5) is 5.82 Å². The topological polar surface area (TPSA) is 66.0 Å². The van der Waals surface area contributed by atoms with Crippen molar-refractivity contribution in [2.45, 2.75) is 25.8 Å². The lowest BCUT2D eigenvalue weighted by molar-refractivity contribution is 0.255. The van der Waals surface area contributed by atoms with Crippen LogP contribution in [0.25, 0.3) is 0 Å². The summed E-state index contributed by atoms with van der Waals surface area (Å²) < 4.78 is 7.53. The predicted octanol–water partition coefficient (Wildman–Crippen LogP) is 1.74. The number of fused-ring (bicyclic) bond motifs is 1. The van der Waals surface area contributed by atoms with E-state index in [2.05, 4.69) is 16.4 Å². The number of para-hydroxylation sites is 1. The summed E-state index contributed by atoms with van der Waals surface area (Å²) in [4.78, 5) is 0. The van der Waals surface area contributed by atoms with Gasteiger partial charge in [0.25, 0.3) is 0 Å². The zero-order valence-corrected chi connectivity index (χ0v) is 10.3. The van der Waals surface area contributed by atoms with Gasteiger partial charge in [0.1, 0.15) is 5.75 Å². The highest BCUT2D eigenvalue weighted by molar-refractivity contribution is 5.38. The summed E-state index contributed by atoms with van der Waals surface area (Å²) in [6.07, 6.45) is 0.996. The fourth-order valence-electron chi connectivity index (χ4n) is 2.36. The number of nitrogens with two attached hydrogens (primary N) is 1. The highest BCUT2D eigenvalue weighted by Crippen LogP contribution is 2.34. The molecule has 0 spiro atoms. The van der Waals surface area contributed by atoms with Gasteiger partial charge in [-0.2, -0.15) is 0 Å². The molecule has 5 heteroatoms. The van der Waals surface area contributed by atoms with Crippen LogP contribution in [0.1, 0.15) is 23.6 Å². The third kappa shape index (κ3) is 1.81. The van der Waals surface area contributed by atoms with Crippen LogP contribution in [-0.4, -0.2) is 21.6 Å². The van der Waals surface area contributed by atoms with Gasteiger partial charge in [-0.25, -0.2) is 4.68 Å². The predicted molar refractivity (Wildman–Crippen MR) is 68.5 cm³/mol. The second-order valence-corrected chi connectivity index (χ2v) is 4.61. The van der Waals surface area contributed by atoms with Crippen LogP contribution >= 0.6 is 0 Å². The van der Waals surface area contributed by atoms with E-state index in [9.17, 15) is 0 Å². The minimum Gasteiger partial charge on any atom is -0.493 e. The molecule has 1 aliphatic rings. The molecular weight excluding hydrogens is 228 g/mol. The molecule has 1 unspecified atom stereocenters. The van der Waals surface area contributed by atoms with Gasteiger partial charge >= 0.3 is 0 Å². The van der Waals surface area contributed by atoms with Crippen molar-refractivity contribution in [2.24, 2.45) is 0 Å². The summed E-state index contributed by atoms with van der Waals surface area (Å²) in [6, 6.07) is 8.18. The molecule has 0 saturated heterocycles. The van der Waals surface area contributed by atoms with Crippen molar-refractivity contribution in [3.05, 3.63) is 35.5 Å². The van der Waals surface area contributed by atoms with Gasteiger partial charge < -0.3 is 10.5 Å². The normalized spacial score (nSPS) is 18.2. The molecule has 2 heterocycles. The van der Waals surface area contributed by atoms with E-state index in [0.29, 0.717) is 11.7 Å². The van der Waals surface area contributed by atoms with Crippen LogP contribution in [0, 0.1) is 6.92 Å². The Labute approximate surface area is 106 Å². The van der Waals surface area contributed by atoms with Gasteiger partial charge in [0.05, 0.1) is 18.8 Å². The standard InChI is InChI=1S/C13H16N4O/c1-9-13(14)15-16-17(9)8-10-6-7-18-12-5-3-2-4-11(10)12/h2-5,10H,6-8,14H2,1H3. The van der Waals surface area contributed by atoms with E-state index >= 15 is 0 Å². The number of nitrogens with zero attached hydrogens (tertiary/aromatic N) is 3.